The van der Waals surface area contributed by atoms with Crippen LogP contribution in [0.25, 0.3) is 0 Å². The van der Waals surface area contributed by atoms with E-state index in [0.29, 0.717) is 12.8 Å². The summed E-state index contributed by atoms with van der Waals surface area (Å²) in [5.74, 6) is -3.41. The number of phenolic OH excluding ortho intramolecular Hbond substituents is 1. The van der Waals surface area contributed by atoms with Gasteiger partial charge in [0.05, 0.1) is 18.2 Å². The number of fused-ring (bicyclic) bond motifs is 1. The summed E-state index contributed by atoms with van der Waals surface area (Å²) in [6, 6.07) is 1.23. The first-order valence-corrected chi connectivity index (χ1v) is 9.03. The monoisotopic (exact) mass is 396 g/mol. The van der Waals surface area contributed by atoms with E-state index in [1.807, 2.05) is 0 Å². The van der Waals surface area contributed by atoms with Crippen LogP contribution in [0, 0.1) is 0 Å². The van der Waals surface area contributed by atoms with Crippen LogP contribution in [-0.4, -0.2) is 41.6 Å². The zero-order chi connectivity index (χ0) is 20.1. The molecule has 0 saturated heterocycles. The quantitative estimate of drug-likeness (QED) is 0.574. The van der Waals surface area contributed by atoms with Crippen LogP contribution in [0.3, 0.4) is 0 Å². The Bertz CT molecular complexity index is 785. The van der Waals surface area contributed by atoms with Crippen LogP contribution < -0.4 is 4.74 Å². The number of Topliss-reactive ketones (excluding diaryl/α,β-unsaturated/α-hetero) is 3. The van der Waals surface area contributed by atoms with E-state index in [-0.39, 0.29) is 53.3 Å². The number of hydrogen-bond acceptors (Lipinski definition) is 7. The second-order valence-electron chi connectivity index (χ2n) is 6.40. The number of ether oxygens (including phenoxy) is 2. The molecule has 146 valence electrons. The number of aromatic hydroxyl groups is 1. The third-order valence-electron chi connectivity index (χ3n) is 4.39. The van der Waals surface area contributed by atoms with Crippen molar-refractivity contribution in [3.8, 4) is 11.5 Å². The molecule has 1 aliphatic heterocycles. The number of hydrogen-bond donors (Lipinski definition) is 1. The lowest BCUT2D eigenvalue weighted by atomic mass is 9.97. The van der Waals surface area contributed by atoms with Gasteiger partial charge in [-0.05, 0) is 38.2 Å². The van der Waals surface area contributed by atoms with Crippen molar-refractivity contribution in [1.29, 1.82) is 0 Å². The number of carbonyl (C=O) groups excluding carboxylic acids is 4. The van der Waals surface area contributed by atoms with Gasteiger partial charge in [0.2, 0.25) is 11.6 Å². The van der Waals surface area contributed by atoms with E-state index in [4.69, 9.17) is 21.1 Å². The maximum atomic E-state index is 12.6. The average Bonchev–Trinajstić information content (AvgIpc) is 2.62. The van der Waals surface area contributed by atoms with E-state index in [1.54, 1.807) is 6.92 Å². The van der Waals surface area contributed by atoms with Gasteiger partial charge in [-0.3, -0.25) is 14.4 Å². The van der Waals surface area contributed by atoms with Gasteiger partial charge in [-0.2, -0.15) is 0 Å². The van der Waals surface area contributed by atoms with Gasteiger partial charge in [-0.15, -0.1) is 0 Å². The first-order valence-electron chi connectivity index (χ1n) is 8.65. The summed E-state index contributed by atoms with van der Waals surface area (Å²) in [7, 11) is 1.37. The van der Waals surface area contributed by atoms with Crippen molar-refractivity contribution in [3.05, 3.63) is 22.2 Å². The van der Waals surface area contributed by atoms with Gasteiger partial charge >= 0.3 is 5.97 Å². The van der Waals surface area contributed by atoms with Crippen LogP contribution in [0.2, 0.25) is 5.02 Å². The summed E-state index contributed by atoms with van der Waals surface area (Å²) >= 11 is 6.29. The molecule has 2 rings (SSSR count). The number of methoxy groups -OCH3 is 1. The minimum Gasteiger partial charge on any atom is -0.507 e. The van der Waals surface area contributed by atoms with Gasteiger partial charge in [0.15, 0.2) is 0 Å². The van der Waals surface area contributed by atoms with Crippen molar-refractivity contribution >= 4 is 34.9 Å². The predicted octanol–water partition coefficient (Wildman–Crippen LogP) is 2.81. The Morgan fingerprint density at radius 1 is 1.11 bits per heavy atom. The minimum atomic E-state index is -1.00. The molecule has 0 spiro atoms. The molecule has 1 aliphatic rings. The number of ketones is 3. The molecule has 0 aliphatic carbocycles. The van der Waals surface area contributed by atoms with E-state index in [9.17, 15) is 24.3 Å². The van der Waals surface area contributed by atoms with Crippen molar-refractivity contribution in [2.45, 2.75) is 51.6 Å². The molecule has 0 unspecified atom stereocenters. The Labute approximate surface area is 161 Å². The summed E-state index contributed by atoms with van der Waals surface area (Å²) in [4.78, 5) is 48.2. The number of esters is 1. The fourth-order valence-electron chi connectivity index (χ4n) is 2.94. The Morgan fingerprint density at radius 3 is 2.37 bits per heavy atom. The molecule has 1 aromatic rings. The Morgan fingerprint density at radius 2 is 1.74 bits per heavy atom. The second kappa shape index (κ2) is 8.99. The fraction of sp³-hybridized carbons (Fsp3) is 0.474. The molecule has 8 heteroatoms. The molecular formula is C19H21ClO7. The van der Waals surface area contributed by atoms with Gasteiger partial charge in [0.25, 0.3) is 5.78 Å². The van der Waals surface area contributed by atoms with Gasteiger partial charge in [0.1, 0.15) is 17.1 Å². The Balaban J connectivity index is 2.43. The molecule has 0 fully saturated rings. The maximum absolute atomic E-state index is 12.6. The molecule has 1 aromatic carbocycles. The van der Waals surface area contributed by atoms with Gasteiger partial charge < -0.3 is 14.6 Å². The van der Waals surface area contributed by atoms with Gasteiger partial charge in [-0.25, -0.2) is 4.79 Å². The SMILES string of the molecule is COc1cc(O)c2c(c1Cl)CCCC(=O)C(=O)C(=O)CCC[C@H](C)OC2=O. The topological polar surface area (TPSA) is 107 Å². The molecule has 0 amide bonds. The molecule has 7 nitrogen and oxygen atoms in total. The van der Waals surface area contributed by atoms with Crippen LogP contribution in [0.1, 0.15) is 54.9 Å². The summed E-state index contributed by atoms with van der Waals surface area (Å²) in [5, 5.41) is 10.4. The average molecular weight is 397 g/mol. The summed E-state index contributed by atoms with van der Waals surface area (Å²) in [5.41, 5.74) is 0.189. The number of phenols is 1. The second-order valence-corrected chi connectivity index (χ2v) is 6.78. The van der Waals surface area contributed by atoms with E-state index < -0.39 is 29.4 Å². The third kappa shape index (κ3) is 4.86. The maximum Gasteiger partial charge on any atom is 0.342 e. The molecule has 27 heavy (non-hydrogen) atoms. The van der Waals surface area contributed by atoms with Gasteiger partial charge in [0, 0.05) is 18.9 Å². The van der Waals surface area contributed by atoms with Crippen LogP contribution in [0.5, 0.6) is 11.5 Å². The number of halogens is 1. The van der Waals surface area contributed by atoms with Crippen molar-refractivity contribution in [1.82, 2.24) is 0 Å². The lowest BCUT2D eigenvalue weighted by molar-refractivity contribution is -0.144. The Hall–Kier alpha value is -2.41. The van der Waals surface area contributed by atoms with E-state index in [0.717, 1.165) is 0 Å². The lowest BCUT2D eigenvalue weighted by Crippen LogP contribution is -2.25. The highest BCUT2D eigenvalue weighted by atomic mass is 35.5. The van der Waals surface area contributed by atoms with Crippen molar-refractivity contribution < 1.29 is 33.8 Å². The van der Waals surface area contributed by atoms with Crippen molar-refractivity contribution in [2.75, 3.05) is 7.11 Å². The van der Waals surface area contributed by atoms with Gasteiger partial charge in [-0.1, -0.05) is 11.6 Å². The number of carbonyl (C=O) groups is 4. The molecule has 0 saturated carbocycles. The standard InChI is InChI=1S/C19H21ClO7/c1-10-5-3-7-12(21)18(24)13(22)8-4-6-11-16(19(25)27-10)14(23)9-15(26-2)17(11)20/h9-10,23H,3-8H2,1-2H3/t10-/m0/s1. The molecular weight excluding hydrogens is 376 g/mol. The van der Waals surface area contributed by atoms with E-state index in [1.165, 1.54) is 13.2 Å². The molecule has 1 atom stereocenters. The molecule has 1 N–H and O–H groups in total. The molecule has 0 radical (unpaired) electrons. The normalized spacial score (nSPS) is 19.9. The smallest absolute Gasteiger partial charge is 0.342 e. The van der Waals surface area contributed by atoms with Crippen LogP contribution in [0.15, 0.2) is 6.07 Å². The number of benzene rings is 1. The lowest BCUT2D eigenvalue weighted by Gasteiger charge is -2.18. The number of rotatable bonds is 1. The first-order chi connectivity index (χ1) is 12.8. The van der Waals surface area contributed by atoms with Crippen molar-refractivity contribution in [3.63, 3.8) is 0 Å². The fourth-order valence-corrected chi connectivity index (χ4v) is 3.26. The molecule has 1 heterocycles. The summed E-state index contributed by atoms with van der Waals surface area (Å²) in [6.45, 7) is 1.64. The first kappa shape index (κ1) is 20.9. The van der Waals surface area contributed by atoms with Crippen molar-refractivity contribution in [2.24, 2.45) is 0 Å². The van der Waals surface area contributed by atoms with Crippen LogP contribution in [-0.2, 0) is 25.5 Å². The third-order valence-corrected chi connectivity index (χ3v) is 4.81. The van der Waals surface area contributed by atoms with Crippen LogP contribution >= 0.6 is 11.6 Å². The molecule has 0 aromatic heterocycles. The highest BCUT2D eigenvalue weighted by Crippen LogP contribution is 2.38. The van der Waals surface area contributed by atoms with Crippen LogP contribution in [0.4, 0.5) is 0 Å². The van der Waals surface area contributed by atoms with E-state index in [2.05, 4.69) is 0 Å². The predicted molar refractivity (Wildman–Crippen MR) is 96.4 cm³/mol. The zero-order valence-corrected chi connectivity index (χ0v) is 15.9. The van der Waals surface area contributed by atoms with E-state index >= 15 is 0 Å². The highest BCUT2D eigenvalue weighted by Gasteiger charge is 2.27. The minimum absolute atomic E-state index is 0.0721. The summed E-state index contributed by atoms with van der Waals surface area (Å²) < 4.78 is 10.5. The molecule has 0 bridgehead atoms. The summed E-state index contributed by atoms with van der Waals surface area (Å²) in [6.07, 6.45) is 0.136. The Kier molecular flexibility index (Phi) is 6.96. The largest absolute Gasteiger partial charge is 0.507 e. The number of cyclic esters (lactones) is 1. The zero-order valence-electron chi connectivity index (χ0n) is 15.2. The highest BCUT2D eigenvalue weighted by molar-refractivity contribution is 6.63.